The van der Waals surface area contributed by atoms with E-state index in [1.165, 1.54) is 18.5 Å². The van der Waals surface area contributed by atoms with Gasteiger partial charge in [-0.15, -0.1) is 0 Å². The van der Waals surface area contributed by atoms with Crippen LogP contribution in [0.1, 0.15) is 30.8 Å². The zero-order chi connectivity index (χ0) is 17.1. The van der Waals surface area contributed by atoms with Crippen molar-refractivity contribution in [1.82, 2.24) is 19.7 Å². The number of fused-ring (bicyclic) bond motifs is 2. The van der Waals surface area contributed by atoms with Crippen LogP contribution in [0.15, 0.2) is 41.7 Å². The minimum atomic E-state index is -3.16. The second kappa shape index (κ2) is 4.66. The lowest BCUT2D eigenvalue weighted by Gasteiger charge is -2.34. The van der Waals surface area contributed by atoms with Crippen molar-refractivity contribution < 1.29 is 8.78 Å². The molecule has 1 aliphatic heterocycles. The van der Waals surface area contributed by atoms with E-state index in [0.717, 1.165) is 5.52 Å². The van der Waals surface area contributed by atoms with E-state index in [4.69, 9.17) is 0 Å². The molecule has 7 heteroatoms. The van der Waals surface area contributed by atoms with Crippen LogP contribution in [0.5, 0.6) is 0 Å². The fraction of sp³-hybridized carbons (Fsp3) is 0.294. The number of hydrogen-bond donors (Lipinski definition) is 0. The monoisotopic (exact) mass is 327 g/mol. The van der Waals surface area contributed by atoms with E-state index in [0.29, 0.717) is 22.5 Å². The third-order valence-electron chi connectivity index (χ3n) is 4.23. The van der Waals surface area contributed by atoms with E-state index < -0.39 is 11.5 Å². The van der Waals surface area contributed by atoms with Gasteiger partial charge in [-0.2, -0.15) is 13.9 Å². The highest BCUT2D eigenvalue weighted by Crippen LogP contribution is 2.45. The lowest BCUT2D eigenvalue weighted by atomic mass is 9.87. The molecule has 0 unspecified atom stereocenters. The minimum Gasteiger partial charge on any atom is -0.275 e. The molecule has 0 saturated heterocycles. The Balaban J connectivity index is 1.97. The summed E-state index contributed by atoms with van der Waals surface area (Å²) in [6.45, 7) is 2.80. The second-order valence-electron chi connectivity index (χ2n) is 6.40. The Bertz CT molecular complexity index is 988. The molecule has 0 atom stereocenters. The molecule has 0 spiro atoms. The molecule has 0 fully saturated rings. The average molecular weight is 327 g/mol. The van der Waals surface area contributed by atoms with Crippen molar-refractivity contribution in [2.45, 2.75) is 25.3 Å². The summed E-state index contributed by atoms with van der Waals surface area (Å²) in [4.78, 5) is 13.2. The van der Waals surface area contributed by atoms with E-state index in [1.54, 1.807) is 19.4 Å². The molecule has 3 heterocycles. The summed E-state index contributed by atoms with van der Waals surface area (Å²) in [5.41, 5.74) is 0.712. The van der Waals surface area contributed by atoms with Crippen molar-refractivity contribution in [1.29, 1.82) is 0 Å². The number of aliphatic imine (C=N–C) groups is 1. The lowest BCUT2D eigenvalue weighted by Crippen LogP contribution is -2.44. The van der Waals surface area contributed by atoms with E-state index >= 15 is 0 Å². The van der Waals surface area contributed by atoms with Gasteiger partial charge in [0.05, 0.1) is 22.9 Å². The first kappa shape index (κ1) is 14.9. The number of nitrogens with zero attached hydrogens (tertiary/aromatic N) is 5. The first-order valence-corrected chi connectivity index (χ1v) is 7.54. The molecule has 24 heavy (non-hydrogen) atoms. The van der Waals surface area contributed by atoms with Gasteiger partial charge in [0.25, 0.3) is 0 Å². The second-order valence-corrected chi connectivity index (χ2v) is 6.40. The highest BCUT2D eigenvalue weighted by Gasteiger charge is 2.55. The third kappa shape index (κ3) is 1.97. The van der Waals surface area contributed by atoms with Gasteiger partial charge < -0.3 is 0 Å². The van der Waals surface area contributed by atoms with Crippen LogP contribution in [0.2, 0.25) is 0 Å². The number of hydrogen-bond acceptors (Lipinski definition) is 4. The number of benzene rings is 1. The van der Waals surface area contributed by atoms with Crippen molar-refractivity contribution in [3.63, 3.8) is 0 Å². The largest absolute Gasteiger partial charge is 0.316 e. The number of para-hydroxylation sites is 2. The smallest absolute Gasteiger partial charge is 0.275 e. The van der Waals surface area contributed by atoms with Gasteiger partial charge >= 0.3 is 5.92 Å². The molecular weight excluding hydrogens is 312 g/mol. The number of rotatable bonds is 1. The highest BCUT2D eigenvalue weighted by molar-refractivity contribution is 6.13. The SMILES string of the molecule is Cn1cc2c(n1)C(F)(F)C(C)(C)N=C2c1cnc2ccccc2n1. The third-order valence-corrected chi connectivity index (χ3v) is 4.23. The summed E-state index contributed by atoms with van der Waals surface area (Å²) in [5, 5.41) is 3.98. The molecule has 0 radical (unpaired) electrons. The van der Waals surface area contributed by atoms with Gasteiger partial charge in [-0.25, -0.2) is 4.98 Å². The van der Waals surface area contributed by atoms with Gasteiger partial charge in [-0.1, -0.05) is 12.1 Å². The Labute approximate surface area is 137 Å². The van der Waals surface area contributed by atoms with Crippen LogP contribution in [0.4, 0.5) is 8.78 Å². The summed E-state index contributed by atoms with van der Waals surface area (Å²) in [6.07, 6.45) is 3.12. The lowest BCUT2D eigenvalue weighted by molar-refractivity contribution is -0.0723. The fourth-order valence-corrected chi connectivity index (χ4v) is 2.86. The van der Waals surface area contributed by atoms with Crippen LogP contribution in [0.3, 0.4) is 0 Å². The molecule has 3 aromatic rings. The van der Waals surface area contributed by atoms with Gasteiger partial charge in [0, 0.05) is 18.8 Å². The molecule has 0 bridgehead atoms. The minimum absolute atomic E-state index is 0.269. The number of alkyl halides is 2. The van der Waals surface area contributed by atoms with Gasteiger partial charge in [-0.05, 0) is 26.0 Å². The molecule has 122 valence electrons. The van der Waals surface area contributed by atoms with Crippen LogP contribution in [0.25, 0.3) is 11.0 Å². The number of halogens is 2. The maximum absolute atomic E-state index is 14.7. The van der Waals surface area contributed by atoms with Crippen LogP contribution in [0, 0.1) is 0 Å². The van der Waals surface area contributed by atoms with Gasteiger partial charge in [0.2, 0.25) is 0 Å². The van der Waals surface area contributed by atoms with Gasteiger partial charge in [-0.3, -0.25) is 14.7 Å². The summed E-state index contributed by atoms with van der Waals surface area (Å²) in [6, 6.07) is 7.41. The van der Waals surface area contributed by atoms with Crippen molar-refractivity contribution >= 4 is 16.7 Å². The Morgan fingerprint density at radius 1 is 1.08 bits per heavy atom. The fourth-order valence-electron chi connectivity index (χ4n) is 2.86. The molecule has 0 N–H and O–H groups in total. The predicted molar refractivity (Wildman–Crippen MR) is 86.4 cm³/mol. The molecule has 5 nitrogen and oxygen atoms in total. The summed E-state index contributed by atoms with van der Waals surface area (Å²) in [7, 11) is 1.62. The molecule has 1 aliphatic rings. The molecule has 0 saturated carbocycles. The molecule has 1 aromatic carbocycles. The van der Waals surface area contributed by atoms with Crippen molar-refractivity contribution in [2.24, 2.45) is 12.0 Å². The van der Waals surface area contributed by atoms with E-state index in [1.807, 2.05) is 24.3 Å². The molecule has 2 aromatic heterocycles. The molecular formula is C17H15F2N5. The Morgan fingerprint density at radius 3 is 2.54 bits per heavy atom. The standard InChI is InChI=1S/C17H15F2N5/c1-16(2)17(18,19)15-10(9-24(3)23-15)14(22-16)13-8-20-11-6-4-5-7-12(11)21-13/h4-9H,1-3H3. The Kier molecular flexibility index (Phi) is 2.88. The Morgan fingerprint density at radius 2 is 1.79 bits per heavy atom. The topological polar surface area (TPSA) is 56.0 Å². The highest BCUT2D eigenvalue weighted by atomic mass is 19.3. The Hall–Kier alpha value is -2.70. The van der Waals surface area contributed by atoms with Crippen molar-refractivity contribution in [2.75, 3.05) is 0 Å². The maximum Gasteiger partial charge on any atom is 0.316 e. The first-order valence-electron chi connectivity index (χ1n) is 7.54. The normalized spacial score (nSPS) is 18.3. The zero-order valence-electron chi connectivity index (χ0n) is 13.5. The van der Waals surface area contributed by atoms with Crippen LogP contribution < -0.4 is 0 Å². The number of aryl methyl sites for hydroxylation is 1. The number of aromatic nitrogens is 4. The van der Waals surface area contributed by atoms with Crippen molar-refractivity contribution in [3.05, 3.63) is 53.6 Å². The first-order chi connectivity index (χ1) is 11.3. The molecule has 4 rings (SSSR count). The van der Waals surface area contributed by atoms with E-state index in [9.17, 15) is 8.78 Å². The van der Waals surface area contributed by atoms with Crippen LogP contribution >= 0.6 is 0 Å². The quantitative estimate of drug-likeness (QED) is 0.690. The molecule has 0 amide bonds. The summed E-state index contributed by atoms with van der Waals surface area (Å²) in [5.74, 6) is -3.16. The average Bonchev–Trinajstić information content (AvgIpc) is 2.94. The summed E-state index contributed by atoms with van der Waals surface area (Å²) >= 11 is 0. The maximum atomic E-state index is 14.7. The van der Waals surface area contributed by atoms with Crippen LogP contribution in [-0.4, -0.2) is 31.0 Å². The van der Waals surface area contributed by atoms with Crippen LogP contribution in [-0.2, 0) is 13.0 Å². The summed E-state index contributed by atoms with van der Waals surface area (Å²) < 4.78 is 30.8. The van der Waals surface area contributed by atoms with E-state index in [2.05, 4.69) is 20.1 Å². The van der Waals surface area contributed by atoms with E-state index in [-0.39, 0.29) is 5.69 Å². The van der Waals surface area contributed by atoms with Crippen molar-refractivity contribution in [3.8, 4) is 0 Å². The zero-order valence-corrected chi connectivity index (χ0v) is 13.5. The predicted octanol–water partition coefficient (Wildman–Crippen LogP) is 3.08. The van der Waals surface area contributed by atoms with Gasteiger partial charge in [0.15, 0.2) is 0 Å². The van der Waals surface area contributed by atoms with Gasteiger partial charge in [0.1, 0.15) is 16.9 Å². The molecule has 0 aliphatic carbocycles.